The Morgan fingerprint density at radius 3 is 2.73 bits per heavy atom. The third-order valence-corrected chi connectivity index (χ3v) is 1.96. The van der Waals surface area contributed by atoms with Gasteiger partial charge in [0.25, 0.3) is 0 Å². The van der Waals surface area contributed by atoms with Gasteiger partial charge < -0.3 is 0 Å². The van der Waals surface area contributed by atoms with Crippen molar-refractivity contribution < 1.29 is 4.79 Å². The summed E-state index contributed by atoms with van der Waals surface area (Å²) in [7, 11) is 0. The Bertz CT molecular complexity index is 152. The zero-order valence-electron chi connectivity index (χ0n) is 6.88. The Morgan fingerprint density at radius 1 is 1.09 bits per heavy atom. The van der Waals surface area contributed by atoms with Crippen LogP contribution in [-0.2, 0) is 4.79 Å². The van der Waals surface area contributed by atoms with E-state index in [0.29, 0.717) is 6.42 Å². The van der Waals surface area contributed by atoms with Crippen molar-refractivity contribution in [2.24, 2.45) is 4.99 Å². The van der Waals surface area contributed by atoms with E-state index in [1.165, 1.54) is 25.7 Å². The summed E-state index contributed by atoms with van der Waals surface area (Å²) >= 11 is 0. The molecule has 1 heterocycles. The smallest absolute Gasteiger partial charge is 0.245 e. The van der Waals surface area contributed by atoms with Crippen molar-refractivity contribution in [1.82, 2.24) is 0 Å². The van der Waals surface area contributed by atoms with E-state index >= 15 is 0 Å². The van der Waals surface area contributed by atoms with Crippen LogP contribution in [0.25, 0.3) is 0 Å². The number of nitrogens with zero attached hydrogens (tertiary/aromatic N) is 1. The monoisotopic (exact) mass is 153 g/mol. The molecule has 0 saturated heterocycles. The molecule has 0 N–H and O–H groups in total. The van der Waals surface area contributed by atoms with E-state index in [4.69, 9.17) is 0 Å². The second-order valence-corrected chi connectivity index (χ2v) is 3.01. The standard InChI is InChI=1S/C9H15NO/c11-9-7-5-3-1-2-4-6-8-10-9/h8H,1-7H2/b10-8-. The summed E-state index contributed by atoms with van der Waals surface area (Å²) in [6, 6.07) is 0. The molecule has 0 aromatic rings. The van der Waals surface area contributed by atoms with Gasteiger partial charge in [0, 0.05) is 12.6 Å². The topological polar surface area (TPSA) is 29.4 Å². The van der Waals surface area contributed by atoms with E-state index in [2.05, 4.69) is 4.99 Å². The van der Waals surface area contributed by atoms with E-state index < -0.39 is 0 Å². The van der Waals surface area contributed by atoms with Crippen LogP contribution in [0.2, 0.25) is 0 Å². The lowest BCUT2D eigenvalue weighted by atomic mass is 10.1. The van der Waals surface area contributed by atoms with Gasteiger partial charge in [-0.05, 0) is 19.3 Å². The van der Waals surface area contributed by atoms with E-state index in [9.17, 15) is 4.79 Å². The molecule has 1 amide bonds. The fourth-order valence-electron chi connectivity index (χ4n) is 1.27. The molecule has 0 bridgehead atoms. The molecule has 1 rings (SSSR count). The van der Waals surface area contributed by atoms with E-state index in [1.807, 2.05) is 0 Å². The Balaban J connectivity index is 2.32. The maximum absolute atomic E-state index is 10.9. The highest BCUT2D eigenvalue weighted by atomic mass is 16.1. The first-order chi connectivity index (χ1) is 5.39. The van der Waals surface area contributed by atoms with Crippen LogP contribution in [0, 0.1) is 0 Å². The zero-order chi connectivity index (χ0) is 7.94. The summed E-state index contributed by atoms with van der Waals surface area (Å²) in [5.41, 5.74) is 0. The lowest BCUT2D eigenvalue weighted by Gasteiger charge is -2.00. The van der Waals surface area contributed by atoms with Gasteiger partial charge in [0.05, 0.1) is 0 Å². The normalized spacial score (nSPS) is 24.5. The Kier molecular flexibility index (Phi) is 3.87. The van der Waals surface area contributed by atoms with Crippen LogP contribution in [0.3, 0.4) is 0 Å². The predicted molar refractivity (Wildman–Crippen MR) is 45.8 cm³/mol. The molecule has 0 spiro atoms. The molecule has 1 aliphatic rings. The fourth-order valence-corrected chi connectivity index (χ4v) is 1.27. The van der Waals surface area contributed by atoms with E-state index in [-0.39, 0.29) is 5.91 Å². The molecule has 0 fully saturated rings. The van der Waals surface area contributed by atoms with Gasteiger partial charge in [0.2, 0.25) is 5.91 Å². The minimum Gasteiger partial charge on any atom is -0.273 e. The molecule has 2 heteroatoms. The molecular formula is C9H15NO. The van der Waals surface area contributed by atoms with Gasteiger partial charge in [-0.15, -0.1) is 0 Å². The van der Waals surface area contributed by atoms with Crippen molar-refractivity contribution in [3.8, 4) is 0 Å². The van der Waals surface area contributed by atoms with Crippen LogP contribution >= 0.6 is 0 Å². The van der Waals surface area contributed by atoms with Gasteiger partial charge in [-0.25, -0.2) is 4.99 Å². The molecule has 0 aliphatic carbocycles. The molecule has 0 saturated carbocycles. The summed E-state index contributed by atoms with van der Waals surface area (Å²) in [5.74, 6) is 0.0619. The van der Waals surface area contributed by atoms with Crippen molar-refractivity contribution in [3.63, 3.8) is 0 Å². The van der Waals surface area contributed by atoms with Gasteiger partial charge in [0.15, 0.2) is 0 Å². The zero-order valence-corrected chi connectivity index (χ0v) is 6.88. The molecule has 62 valence electrons. The van der Waals surface area contributed by atoms with E-state index in [1.54, 1.807) is 6.21 Å². The average molecular weight is 153 g/mol. The average Bonchev–Trinajstić information content (AvgIpc) is 2.03. The largest absolute Gasteiger partial charge is 0.273 e. The summed E-state index contributed by atoms with van der Waals surface area (Å²) in [4.78, 5) is 14.7. The molecule has 0 radical (unpaired) electrons. The lowest BCUT2D eigenvalue weighted by molar-refractivity contribution is -0.117. The number of hydrogen-bond donors (Lipinski definition) is 0. The number of amides is 1. The first kappa shape index (κ1) is 8.44. The Hall–Kier alpha value is -0.660. The number of carbonyl (C=O) groups excluding carboxylic acids is 1. The van der Waals surface area contributed by atoms with Crippen LogP contribution in [0.15, 0.2) is 4.99 Å². The minimum atomic E-state index is 0.0619. The van der Waals surface area contributed by atoms with Gasteiger partial charge in [-0.3, -0.25) is 4.79 Å². The number of rotatable bonds is 0. The Labute approximate surface area is 67.7 Å². The Morgan fingerprint density at radius 2 is 1.82 bits per heavy atom. The maximum atomic E-state index is 10.9. The van der Waals surface area contributed by atoms with Crippen molar-refractivity contribution in [2.45, 2.75) is 44.9 Å². The second-order valence-electron chi connectivity index (χ2n) is 3.01. The SMILES string of the molecule is O=C1CCCCCCC/C=N\1. The van der Waals surface area contributed by atoms with Crippen LogP contribution in [-0.4, -0.2) is 12.1 Å². The predicted octanol–water partition coefficient (Wildman–Crippen LogP) is 2.33. The number of carbonyl (C=O) groups is 1. The summed E-state index contributed by atoms with van der Waals surface area (Å²) in [6.07, 6.45) is 9.38. The van der Waals surface area contributed by atoms with Gasteiger partial charge in [-0.1, -0.05) is 19.3 Å². The lowest BCUT2D eigenvalue weighted by Crippen LogP contribution is -1.95. The highest BCUT2D eigenvalue weighted by Gasteiger charge is 1.99. The molecule has 0 unspecified atom stereocenters. The van der Waals surface area contributed by atoms with Gasteiger partial charge >= 0.3 is 0 Å². The van der Waals surface area contributed by atoms with Crippen molar-refractivity contribution in [3.05, 3.63) is 0 Å². The van der Waals surface area contributed by atoms with Gasteiger partial charge in [-0.2, -0.15) is 0 Å². The van der Waals surface area contributed by atoms with Crippen molar-refractivity contribution >= 4 is 12.1 Å². The highest BCUT2D eigenvalue weighted by molar-refractivity contribution is 5.84. The van der Waals surface area contributed by atoms with Crippen LogP contribution < -0.4 is 0 Å². The molecule has 0 atom stereocenters. The third-order valence-electron chi connectivity index (χ3n) is 1.96. The molecule has 0 aromatic carbocycles. The first-order valence-corrected chi connectivity index (χ1v) is 4.45. The third kappa shape index (κ3) is 3.91. The molecular weight excluding hydrogens is 138 g/mol. The van der Waals surface area contributed by atoms with Gasteiger partial charge in [0.1, 0.15) is 0 Å². The summed E-state index contributed by atoms with van der Waals surface area (Å²) in [5, 5.41) is 0. The van der Waals surface area contributed by atoms with Crippen LogP contribution in [0.5, 0.6) is 0 Å². The minimum absolute atomic E-state index is 0.0619. The van der Waals surface area contributed by atoms with E-state index in [0.717, 1.165) is 12.8 Å². The second kappa shape index (κ2) is 5.05. The van der Waals surface area contributed by atoms with Crippen molar-refractivity contribution in [2.75, 3.05) is 0 Å². The molecule has 1 aliphatic heterocycles. The highest BCUT2D eigenvalue weighted by Crippen LogP contribution is 2.08. The number of hydrogen-bond acceptors (Lipinski definition) is 1. The quantitative estimate of drug-likeness (QED) is 0.525. The van der Waals surface area contributed by atoms with Crippen LogP contribution in [0.1, 0.15) is 44.9 Å². The molecule has 2 nitrogen and oxygen atoms in total. The van der Waals surface area contributed by atoms with Crippen LogP contribution in [0.4, 0.5) is 0 Å². The van der Waals surface area contributed by atoms with Crippen molar-refractivity contribution in [1.29, 1.82) is 0 Å². The molecule has 0 aromatic heterocycles. The number of aliphatic imine (C=N–C) groups is 1. The fraction of sp³-hybridized carbons (Fsp3) is 0.778. The maximum Gasteiger partial charge on any atom is 0.245 e. The first-order valence-electron chi connectivity index (χ1n) is 4.45. The molecule has 11 heavy (non-hydrogen) atoms. The summed E-state index contributed by atoms with van der Waals surface area (Å²) in [6.45, 7) is 0. The summed E-state index contributed by atoms with van der Waals surface area (Å²) < 4.78 is 0.